The van der Waals surface area contributed by atoms with Crippen molar-refractivity contribution < 1.29 is 0 Å². The summed E-state index contributed by atoms with van der Waals surface area (Å²) in [4.78, 5) is 0. The summed E-state index contributed by atoms with van der Waals surface area (Å²) in [6.07, 6.45) is 0. The van der Waals surface area contributed by atoms with Gasteiger partial charge in [-0.15, -0.1) is 0 Å². The lowest BCUT2D eigenvalue weighted by molar-refractivity contribution is 1.17. The van der Waals surface area contributed by atoms with Crippen molar-refractivity contribution in [1.29, 1.82) is 0 Å². The molecule has 2 heterocycles. The van der Waals surface area contributed by atoms with Crippen LogP contribution in [0.5, 0.6) is 0 Å². The first-order valence-corrected chi connectivity index (χ1v) is 22.1. The van der Waals surface area contributed by atoms with Crippen LogP contribution in [0.3, 0.4) is 0 Å². The maximum atomic E-state index is 2.38. The van der Waals surface area contributed by atoms with Gasteiger partial charge in [0.05, 0.1) is 22.1 Å². The van der Waals surface area contributed by atoms with Gasteiger partial charge in [0.1, 0.15) is 0 Å². The number of rotatable bonds is 6. The van der Waals surface area contributed by atoms with Crippen LogP contribution in [0.4, 0.5) is 0 Å². The van der Waals surface area contributed by atoms with Gasteiger partial charge in [0.25, 0.3) is 0 Å². The maximum absolute atomic E-state index is 2.38. The van der Waals surface area contributed by atoms with Crippen LogP contribution < -0.4 is 0 Å². The highest BCUT2D eigenvalue weighted by molar-refractivity contribution is 6.11. The first-order valence-electron chi connectivity index (χ1n) is 22.1. The smallest absolute Gasteiger partial charge is 0.0541 e. The van der Waals surface area contributed by atoms with Gasteiger partial charge in [-0.25, -0.2) is 0 Å². The third-order valence-corrected chi connectivity index (χ3v) is 12.5. The van der Waals surface area contributed by atoms with Gasteiger partial charge in [-0.1, -0.05) is 181 Å². The van der Waals surface area contributed by atoms with Crippen LogP contribution in [-0.2, 0) is 0 Å². The van der Waals surface area contributed by atoms with E-state index in [1.165, 1.54) is 111 Å². The van der Waals surface area contributed by atoms with E-state index in [1.54, 1.807) is 0 Å². The number of fused-ring (bicyclic) bond motifs is 6. The van der Waals surface area contributed by atoms with Crippen LogP contribution in [0, 0.1) is 13.8 Å². The van der Waals surface area contributed by atoms with Crippen molar-refractivity contribution in [2.75, 3.05) is 0 Å². The largest absolute Gasteiger partial charge is 0.309 e. The van der Waals surface area contributed by atoms with E-state index in [0.29, 0.717) is 0 Å². The number of nitrogens with zero attached hydrogens (tertiary/aromatic N) is 2. The highest BCUT2D eigenvalue weighted by Gasteiger charge is 2.15. The number of para-hydroxylation sites is 3. The predicted molar refractivity (Wildman–Crippen MR) is 273 cm³/mol. The van der Waals surface area contributed by atoms with E-state index in [1.807, 2.05) is 0 Å². The molecule has 0 atom stereocenters. The molecule has 2 heteroatoms. The molecule has 0 N–H and O–H groups in total. The summed E-state index contributed by atoms with van der Waals surface area (Å²) in [6, 6.07) is 87.4. The Labute approximate surface area is 374 Å². The molecule has 0 spiro atoms. The van der Waals surface area contributed by atoms with Crippen LogP contribution in [0.25, 0.3) is 99.5 Å². The Morgan fingerprint density at radius 2 is 0.578 bits per heavy atom. The highest BCUT2D eigenvalue weighted by atomic mass is 15.0. The Bertz CT molecular complexity index is 3590. The van der Waals surface area contributed by atoms with Gasteiger partial charge in [-0.2, -0.15) is 0 Å². The van der Waals surface area contributed by atoms with E-state index in [-0.39, 0.29) is 0 Å². The minimum Gasteiger partial charge on any atom is -0.309 e. The van der Waals surface area contributed by atoms with Gasteiger partial charge in [0.2, 0.25) is 0 Å². The van der Waals surface area contributed by atoms with Crippen LogP contribution in [0.1, 0.15) is 11.1 Å². The monoisotopic (exact) mass is 818 g/mol. The zero-order valence-corrected chi connectivity index (χ0v) is 36.0. The Kier molecular flexibility index (Phi) is 10.0. The first-order chi connectivity index (χ1) is 31.6. The van der Waals surface area contributed by atoms with Gasteiger partial charge in [0, 0.05) is 32.9 Å². The molecular formula is C62H46N2. The maximum Gasteiger partial charge on any atom is 0.0541 e. The van der Waals surface area contributed by atoms with Crippen molar-refractivity contribution in [2.45, 2.75) is 13.8 Å². The third-order valence-electron chi connectivity index (χ3n) is 12.5. The molecular weight excluding hydrogens is 773 g/mol. The topological polar surface area (TPSA) is 9.86 Å². The van der Waals surface area contributed by atoms with Gasteiger partial charge >= 0.3 is 0 Å². The lowest BCUT2D eigenvalue weighted by atomic mass is 9.98. The average Bonchev–Trinajstić information content (AvgIpc) is 3.87. The Balaban J connectivity index is 0.000000143. The second kappa shape index (κ2) is 16.6. The van der Waals surface area contributed by atoms with Crippen molar-refractivity contribution in [3.05, 3.63) is 254 Å². The van der Waals surface area contributed by atoms with Crippen molar-refractivity contribution in [2.24, 2.45) is 0 Å². The minimum absolute atomic E-state index is 1.18. The summed E-state index contributed by atoms with van der Waals surface area (Å²) in [5, 5.41) is 5.14. The summed E-state index contributed by atoms with van der Waals surface area (Å²) in [5.74, 6) is 0. The Morgan fingerprint density at radius 3 is 1.12 bits per heavy atom. The number of hydrogen-bond acceptors (Lipinski definition) is 0. The fourth-order valence-corrected chi connectivity index (χ4v) is 9.43. The fourth-order valence-electron chi connectivity index (χ4n) is 9.43. The summed E-state index contributed by atoms with van der Waals surface area (Å²) >= 11 is 0. The lowest BCUT2D eigenvalue weighted by Crippen LogP contribution is -1.94. The second-order valence-electron chi connectivity index (χ2n) is 16.7. The van der Waals surface area contributed by atoms with E-state index in [2.05, 4.69) is 266 Å². The van der Waals surface area contributed by atoms with Gasteiger partial charge in [-0.3, -0.25) is 0 Å². The predicted octanol–water partition coefficient (Wildman–Crippen LogP) is 16.9. The Morgan fingerprint density at radius 1 is 0.219 bits per heavy atom. The highest BCUT2D eigenvalue weighted by Crippen LogP contribution is 2.37. The first kappa shape index (κ1) is 38.7. The molecule has 0 saturated heterocycles. The molecule has 0 radical (unpaired) electrons. The van der Waals surface area contributed by atoms with Crippen LogP contribution in [-0.4, -0.2) is 9.13 Å². The van der Waals surface area contributed by atoms with E-state index in [4.69, 9.17) is 0 Å². The summed E-state index contributed by atoms with van der Waals surface area (Å²) in [7, 11) is 0. The normalized spacial score (nSPS) is 11.3. The molecule has 2 aromatic heterocycles. The molecule has 64 heavy (non-hydrogen) atoms. The number of aromatic nitrogens is 2. The number of hydrogen-bond donors (Lipinski definition) is 0. The molecule has 0 amide bonds. The van der Waals surface area contributed by atoms with Crippen LogP contribution in [0.15, 0.2) is 243 Å². The zero-order chi connectivity index (χ0) is 43.0. The van der Waals surface area contributed by atoms with Crippen LogP contribution >= 0.6 is 0 Å². The average molecular weight is 819 g/mol. The zero-order valence-electron chi connectivity index (χ0n) is 36.0. The van der Waals surface area contributed by atoms with E-state index in [0.717, 1.165) is 0 Å². The van der Waals surface area contributed by atoms with Crippen molar-refractivity contribution in [3.8, 4) is 55.9 Å². The molecule has 304 valence electrons. The molecule has 0 aliphatic heterocycles. The molecule has 12 rings (SSSR count). The number of aryl methyl sites for hydroxylation is 2. The van der Waals surface area contributed by atoms with Crippen LogP contribution in [0.2, 0.25) is 0 Å². The SMILES string of the molecule is Cc1cccc(-c2cccc(-c3cccc(-n4c5ccccc5c5ccccc54)c3)c2)c1.Cc1cccc(-n2c3ccccc3c3cc(-c4cccc(-c5ccccc5)c4)ccc32)c1. The molecule has 0 aliphatic rings. The van der Waals surface area contributed by atoms with E-state index in [9.17, 15) is 0 Å². The lowest BCUT2D eigenvalue weighted by Gasteiger charge is -2.11. The number of benzene rings is 10. The van der Waals surface area contributed by atoms with Gasteiger partial charge in [-0.05, 0) is 131 Å². The van der Waals surface area contributed by atoms with Gasteiger partial charge in [0.15, 0.2) is 0 Å². The van der Waals surface area contributed by atoms with Crippen molar-refractivity contribution >= 4 is 43.6 Å². The van der Waals surface area contributed by atoms with E-state index >= 15 is 0 Å². The molecule has 12 aromatic rings. The molecule has 0 fully saturated rings. The molecule has 0 saturated carbocycles. The van der Waals surface area contributed by atoms with Crippen molar-refractivity contribution in [1.82, 2.24) is 9.13 Å². The quantitative estimate of drug-likeness (QED) is 0.158. The summed E-state index contributed by atoms with van der Waals surface area (Å²) in [5.41, 5.74) is 19.8. The van der Waals surface area contributed by atoms with Crippen molar-refractivity contribution in [3.63, 3.8) is 0 Å². The minimum atomic E-state index is 1.18. The van der Waals surface area contributed by atoms with E-state index < -0.39 is 0 Å². The standard InChI is InChI=1S/2C31H23N/c1-22-9-6-10-23(19-22)24-11-7-12-25(20-24)26-13-8-14-27(21-26)32-30-17-4-2-15-28(30)29-16-3-5-18-31(29)32;1-22-9-7-14-27(19-22)32-30-16-6-5-15-28(30)29-21-26(17-18-31(29)32)25-13-8-12-24(20-25)23-10-3-2-4-11-23/h2*2-21H,1H3. The van der Waals surface area contributed by atoms with Gasteiger partial charge < -0.3 is 9.13 Å². The molecule has 2 nitrogen and oxygen atoms in total. The molecule has 10 aromatic carbocycles. The molecule has 0 aliphatic carbocycles. The fraction of sp³-hybridized carbons (Fsp3) is 0.0323. The summed E-state index contributed by atoms with van der Waals surface area (Å²) in [6.45, 7) is 4.29. The molecule has 0 unspecified atom stereocenters. The summed E-state index contributed by atoms with van der Waals surface area (Å²) < 4.78 is 4.75. The molecule has 0 bridgehead atoms. The third kappa shape index (κ3) is 7.25. The Hall–Kier alpha value is -8.20. The second-order valence-corrected chi connectivity index (χ2v) is 16.7.